The number of hydrogen-bond acceptors (Lipinski definition) is 4. The van der Waals surface area contributed by atoms with Gasteiger partial charge in [-0.05, 0) is 0 Å². The van der Waals surface area contributed by atoms with Crippen molar-refractivity contribution in [2.24, 2.45) is 0 Å². The quantitative estimate of drug-likeness (QED) is 0.438. The van der Waals surface area contributed by atoms with E-state index in [-0.39, 0.29) is 4.35 Å². The summed E-state index contributed by atoms with van der Waals surface area (Å²) >= 11 is -1.43. The fourth-order valence-electron chi connectivity index (χ4n) is 0.740. The molecule has 0 fully saturated rings. The van der Waals surface area contributed by atoms with Crippen LogP contribution in [0.25, 0.3) is 0 Å². The summed E-state index contributed by atoms with van der Waals surface area (Å²) in [6.45, 7) is 0. The summed E-state index contributed by atoms with van der Waals surface area (Å²) in [6, 6.07) is 3.95. The van der Waals surface area contributed by atoms with Gasteiger partial charge in [-0.3, -0.25) is 0 Å². The maximum atomic E-state index is 10.4. The zero-order chi connectivity index (χ0) is 9.14. The molecule has 0 heterocycles. The molecule has 0 radical (unpaired) electrons. The topological polar surface area (TPSA) is 80.4 Å². The SMILES string of the molecule is O=[As]c1cccc([N+](=O)[O-])c1O. The van der Waals surface area contributed by atoms with E-state index < -0.39 is 32.1 Å². The molecule has 0 aliphatic rings. The molecule has 1 N–H and O–H groups in total. The molecule has 0 amide bonds. The van der Waals surface area contributed by atoms with Gasteiger partial charge in [0.1, 0.15) is 0 Å². The average Bonchev–Trinajstić information content (AvgIpc) is 2.04. The minimum absolute atomic E-state index is 0.139. The van der Waals surface area contributed by atoms with E-state index in [9.17, 15) is 13.9 Å². The van der Waals surface area contributed by atoms with Crippen molar-refractivity contribution in [2.75, 3.05) is 0 Å². The maximum absolute atomic E-state index is 10.4. The molecule has 0 unspecified atom stereocenters. The van der Waals surface area contributed by atoms with Crippen LogP contribution in [0.15, 0.2) is 18.2 Å². The van der Waals surface area contributed by atoms with Crippen LogP contribution in [0.1, 0.15) is 0 Å². The number of phenols is 1. The van der Waals surface area contributed by atoms with Crippen LogP contribution < -0.4 is 4.35 Å². The number of phenolic OH excluding ortho intramolecular Hbond substituents is 1. The molecule has 0 saturated heterocycles. The summed E-state index contributed by atoms with van der Waals surface area (Å²) in [5.41, 5.74) is -0.404. The molecule has 5 nitrogen and oxygen atoms in total. The molecule has 0 saturated carbocycles. The predicted octanol–water partition coefficient (Wildman–Crippen LogP) is -0.0246. The van der Waals surface area contributed by atoms with Crippen LogP contribution in [0, 0.1) is 10.1 Å². The van der Waals surface area contributed by atoms with Gasteiger partial charge >= 0.3 is 73.6 Å². The van der Waals surface area contributed by atoms with Gasteiger partial charge in [-0.2, -0.15) is 0 Å². The first kappa shape index (κ1) is 8.87. The summed E-state index contributed by atoms with van der Waals surface area (Å²) in [6.07, 6.45) is 0. The van der Waals surface area contributed by atoms with Gasteiger partial charge in [0, 0.05) is 0 Å². The molecule has 0 aliphatic heterocycles. The molecule has 1 aromatic rings. The Morgan fingerprint density at radius 1 is 1.50 bits per heavy atom. The minimum atomic E-state index is -1.43. The number of rotatable bonds is 2. The molecule has 0 aromatic heterocycles. The number of hydrogen-bond donors (Lipinski definition) is 1. The number of nitro benzene ring substituents is 1. The van der Waals surface area contributed by atoms with E-state index in [1.165, 1.54) is 12.1 Å². The van der Waals surface area contributed by atoms with Gasteiger partial charge in [0.15, 0.2) is 0 Å². The van der Waals surface area contributed by atoms with Gasteiger partial charge in [0.25, 0.3) is 0 Å². The van der Waals surface area contributed by atoms with Crippen molar-refractivity contribution in [2.45, 2.75) is 0 Å². The fourth-order valence-corrected chi connectivity index (χ4v) is 1.47. The van der Waals surface area contributed by atoms with Gasteiger partial charge < -0.3 is 0 Å². The molecule has 1 rings (SSSR count). The predicted molar refractivity (Wildman–Crippen MR) is 40.8 cm³/mol. The number of nitrogens with zero attached hydrogens (tertiary/aromatic N) is 1. The molecule has 12 heavy (non-hydrogen) atoms. The first-order chi connectivity index (χ1) is 5.66. The first-order valence-electron chi connectivity index (χ1n) is 2.96. The summed E-state index contributed by atoms with van der Waals surface area (Å²) in [4.78, 5) is 9.53. The van der Waals surface area contributed by atoms with Crippen molar-refractivity contribution >= 4 is 25.7 Å². The van der Waals surface area contributed by atoms with Gasteiger partial charge in [-0.25, -0.2) is 0 Å². The fraction of sp³-hybridized carbons (Fsp3) is 0. The Kier molecular flexibility index (Phi) is 2.55. The summed E-state index contributed by atoms with van der Waals surface area (Å²) in [5, 5.41) is 19.4. The van der Waals surface area contributed by atoms with Gasteiger partial charge in [-0.1, -0.05) is 0 Å². The molecular weight excluding hydrogens is 225 g/mol. The molecule has 62 valence electrons. The summed E-state index contributed by atoms with van der Waals surface area (Å²) in [7, 11) is 0. The van der Waals surface area contributed by atoms with Crippen LogP contribution >= 0.6 is 0 Å². The Morgan fingerprint density at radius 2 is 2.17 bits per heavy atom. The Hall–Kier alpha value is -1.22. The summed E-state index contributed by atoms with van der Waals surface area (Å²) in [5.74, 6) is -0.488. The normalized spacial score (nSPS) is 10.0. The second kappa shape index (κ2) is 3.45. The van der Waals surface area contributed by atoms with Crippen LogP contribution in [-0.2, 0) is 3.74 Å². The van der Waals surface area contributed by atoms with Crippen molar-refractivity contribution in [1.82, 2.24) is 0 Å². The van der Waals surface area contributed by atoms with Crippen molar-refractivity contribution in [3.63, 3.8) is 0 Å². The first-order valence-corrected chi connectivity index (χ1v) is 4.67. The van der Waals surface area contributed by atoms with Crippen LogP contribution in [-0.4, -0.2) is 25.7 Å². The zero-order valence-corrected chi connectivity index (χ0v) is 7.68. The van der Waals surface area contributed by atoms with Crippen LogP contribution in [0.2, 0.25) is 0 Å². The second-order valence-corrected chi connectivity index (χ2v) is 3.39. The van der Waals surface area contributed by atoms with Crippen LogP contribution in [0.3, 0.4) is 0 Å². The van der Waals surface area contributed by atoms with Gasteiger partial charge in [0.2, 0.25) is 0 Å². The van der Waals surface area contributed by atoms with Crippen LogP contribution in [0.4, 0.5) is 5.69 Å². The van der Waals surface area contributed by atoms with Crippen molar-refractivity contribution in [1.29, 1.82) is 0 Å². The average molecular weight is 229 g/mol. The van der Waals surface area contributed by atoms with E-state index in [0.717, 1.165) is 6.07 Å². The Balaban J connectivity index is 3.32. The number of benzene rings is 1. The third-order valence-electron chi connectivity index (χ3n) is 1.29. The van der Waals surface area contributed by atoms with E-state index in [4.69, 9.17) is 5.11 Å². The van der Waals surface area contributed by atoms with E-state index in [0.29, 0.717) is 0 Å². The molecular formula is C6H4AsNO4. The van der Waals surface area contributed by atoms with Gasteiger partial charge in [-0.15, -0.1) is 0 Å². The Labute approximate surface area is 74.1 Å². The number of nitro groups is 1. The van der Waals surface area contributed by atoms with Crippen molar-refractivity contribution < 1.29 is 13.8 Å². The standard InChI is InChI=1S/C6H4AsNO4/c9-6-4(7-10)2-1-3-5(6)8(11)12/h1-3,9H. The van der Waals surface area contributed by atoms with Crippen molar-refractivity contribution in [3.8, 4) is 5.75 Å². The molecule has 6 heteroatoms. The van der Waals surface area contributed by atoms with E-state index in [2.05, 4.69) is 0 Å². The molecule has 0 aliphatic carbocycles. The third kappa shape index (κ3) is 1.51. The van der Waals surface area contributed by atoms with E-state index in [1.807, 2.05) is 0 Å². The third-order valence-corrected chi connectivity index (χ3v) is 2.46. The van der Waals surface area contributed by atoms with Crippen molar-refractivity contribution in [3.05, 3.63) is 28.3 Å². The number of aromatic hydroxyl groups is 1. The number of para-hydroxylation sites is 1. The Morgan fingerprint density at radius 3 is 2.67 bits per heavy atom. The molecule has 0 spiro atoms. The molecule has 0 bridgehead atoms. The molecule has 0 atom stereocenters. The van der Waals surface area contributed by atoms with E-state index in [1.54, 1.807) is 0 Å². The second-order valence-electron chi connectivity index (χ2n) is 1.99. The molecule has 1 aromatic carbocycles. The van der Waals surface area contributed by atoms with Gasteiger partial charge in [0.05, 0.1) is 0 Å². The Bertz CT molecular complexity index is 338. The van der Waals surface area contributed by atoms with E-state index >= 15 is 0 Å². The monoisotopic (exact) mass is 229 g/mol. The summed E-state index contributed by atoms with van der Waals surface area (Å²) < 4.78 is 10.6. The van der Waals surface area contributed by atoms with Crippen LogP contribution in [0.5, 0.6) is 5.75 Å². The zero-order valence-electron chi connectivity index (χ0n) is 5.80.